The lowest BCUT2D eigenvalue weighted by molar-refractivity contribution is -0.150. The monoisotopic (exact) mass is 1220 g/mol. The third-order valence-corrected chi connectivity index (χ3v) is 13.5. The molecule has 0 aliphatic heterocycles. The normalized spacial score (nSPS) is 13.0. The molecule has 0 saturated carbocycles. The van der Waals surface area contributed by atoms with Crippen molar-refractivity contribution >= 4 is 59.7 Å². The van der Waals surface area contributed by atoms with Gasteiger partial charge in [0.2, 0.25) is 23.6 Å². The zero-order valence-corrected chi connectivity index (χ0v) is 52.2. The first-order chi connectivity index (χ1) is 41.8. The Morgan fingerprint density at radius 2 is 0.943 bits per heavy atom. The summed E-state index contributed by atoms with van der Waals surface area (Å²) in [5, 5.41) is 15.8. The molecule has 4 atom stereocenters. The lowest BCUT2D eigenvalue weighted by Crippen LogP contribution is -2.53. The Hall–Kier alpha value is -7.34. The van der Waals surface area contributed by atoms with Crippen molar-refractivity contribution in [2.75, 3.05) is 72.6 Å². The van der Waals surface area contributed by atoms with Crippen LogP contribution in [-0.4, -0.2) is 162 Å². The molecular weight excluding hydrogens is 1130 g/mol. The zero-order chi connectivity index (χ0) is 63.8. The van der Waals surface area contributed by atoms with E-state index in [1.54, 1.807) is 20.8 Å². The molecular formula is C63H96N6O18. The molecule has 4 unspecified atom stereocenters. The number of esters is 4. The quantitative estimate of drug-likeness (QED) is 0.0223. The van der Waals surface area contributed by atoms with E-state index in [1.165, 1.54) is 0 Å². The van der Waals surface area contributed by atoms with Crippen LogP contribution in [0.2, 0.25) is 0 Å². The number of alkyl carbamates (subject to hydrolysis) is 2. The fraction of sp³-hybridized carbons (Fsp3) is 0.651. The van der Waals surface area contributed by atoms with E-state index in [1.807, 2.05) is 64.1 Å². The van der Waals surface area contributed by atoms with Gasteiger partial charge in [-0.1, -0.05) is 102 Å². The number of ether oxygens (including phenoxy) is 8. The molecule has 1 aliphatic rings. The Morgan fingerprint density at radius 3 is 1.49 bits per heavy atom. The first kappa shape index (κ1) is 73.9. The van der Waals surface area contributed by atoms with E-state index >= 15 is 0 Å². The summed E-state index contributed by atoms with van der Waals surface area (Å²) in [6.45, 7) is 13.1. The first-order valence-electron chi connectivity index (χ1n) is 30.9. The number of rotatable bonds is 44. The van der Waals surface area contributed by atoms with Crippen LogP contribution in [0, 0.1) is 0 Å². The van der Waals surface area contributed by atoms with Gasteiger partial charge in [0.25, 0.3) is 0 Å². The van der Waals surface area contributed by atoms with Crippen molar-refractivity contribution in [1.82, 2.24) is 31.9 Å². The number of unbranched alkanes of at least 4 members (excludes halogenated alkanes) is 5. The highest BCUT2D eigenvalue weighted by atomic mass is 16.6. The van der Waals surface area contributed by atoms with Gasteiger partial charge in [-0.3, -0.25) is 28.8 Å². The summed E-state index contributed by atoms with van der Waals surface area (Å²) < 4.78 is 43.4. The minimum absolute atomic E-state index is 0.0215. The first-order valence-corrected chi connectivity index (χ1v) is 30.9. The topological polar surface area (TPSA) is 317 Å². The van der Waals surface area contributed by atoms with Crippen molar-refractivity contribution in [1.29, 1.82) is 0 Å². The summed E-state index contributed by atoms with van der Waals surface area (Å²) in [6, 6.07) is 11.1. The van der Waals surface area contributed by atoms with E-state index in [0.717, 1.165) is 41.5 Å². The predicted molar refractivity (Wildman–Crippen MR) is 322 cm³/mol. The van der Waals surface area contributed by atoms with Crippen LogP contribution in [0.3, 0.4) is 0 Å². The lowest BCUT2D eigenvalue weighted by atomic mass is 9.98. The SMILES string of the molecule is CCCCOC(=O)CCC(NC(=O)CCC(NC(=O)COCCOCCNC(=O)C(CCCCNC(=O)OCC1c2ccccc2-c2ccccc21)NC(=O)OC(C)(C)C)C(=O)NC(CCC(=O)OCCCC)C(=O)OCCCC)C(=O)OCCCC. The second-order valence-electron chi connectivity index (χ2n) is 22.0. The highest BCUT2D eigenvalue weighted by molar-refractivity contribution is 5.92. The molecule has 486 valence electrons. The van der Waals surface area contributed by atoms with E-state index in [-0.39, 0.29) is 110 Å². The van der Waals surface area contributed by atoms with Gasteiger partial charge in [0.15, 0.2) is 0 Å². The lowest BCUT2D eigenvalue weighted by Gasteiger charge is -2.23. The molecule has 0 aromatic heterocycles. The molecule has 3 rings (SSSR count). The van der Waals surface area contributed by atoms with Crippen LogP contribution in [0.15, 0.2) is 48.5 Å². The van der Waals surface area contributed by atoms with Crippen LogP contribution in [-0.2, 0) is 76.3 Å². The van der Waals surface area contributed by atoms with Crippen LogP contribution in [0.5, 0.6) is 0 Å². The number of hydrogen-bond donors (Lipinski definition) is 6. The van der Waals surface area contributed by atoms with E-state index in [2.05, 4.69) is 44.0 Å². The van der Waals surface area contributed by atoms with Crippen molar-refractivity contribution in [2.45, 2.75) is 193 Å². The number of benzene rings is 2. The Balaban J connectivity index is 1.56. The Labute approximate surface area is 512 Å². The Kier molecular flexibility index (Phi) is 36.1. The maximum Gasteiger partial charge on any atom is 0.408 e. The molecule has 2 aromatic carbocycles. The summed E-state index contributed by atoms with van der Waals surface area (Å²) in [5.74, 6) is -5.65. The molecule has 1 aliphatic carbocycles. The van der Waals surface area contributed by atoms with Crippen molar-refractivity contribution in [3.05, 3.63) is 59.7 Å². The Bertz CT molecular complexity index is 2420. The molecule has 6 N–H and O–H groups in total. The van der Waals surface area contributed by atoms with Gasteiger partial charge in [-0.2, -0.15) is 0 Å². The Morgan fingerprint density at radius 1 is 0.448 bits per heavy atom. The average molecular weight is 1230 g/mol. The largest absolute Gasteiger partial charge is 0.466 e. The highest BCUT2D eigenvalue weighted by Crippen LogP contribution is 2.44. The van der Waals surface area contributed by atoms with E-state index in [0.29, 0.717) is 44.9 Å². The number of carbonyl (C=O) groups excluding carboxylic acids is 10. The highest BCUT2D eigenvalue weighted by Gasteiger charge is 2.32. The van der Waals surface area contributed by atoms with E-state index < -0.39 is 102 Å². The summed E-state index contributed by atoms with van der Waals surface area (Å²) in [4.78, 5) is 131. The molecule has 2 aromatic rings. The molecule has 24 nitrogen and oxygen atoms in total. The summed E-state index contributed by atoms with van der Waals surface area (Å²) in [6.07, 6.45) is 3.79. The summed E-state index contributed by atoms with van der Waals surface area (Å²) in [7, 11) is 0. The molecule has 0 radical (unpaired) electrons. The van der Waals surface area contributed by atoms with Gasteiger partial charge in [-0.15, -0.1) is 0 Å². The number of hydrogen-bond acceptors (Lipinski definition) is 18. The van der Waals surface area contributed by atoms with Crippen molar-refractivity contribution in [3.63, 3.8) is 0 Å². The number of fused-ring (bicyclic) bond motifs is 3. The smallest absolute Gasteiger partial charge is 0.408 e. The molecule has 87 heavy (non-hydrogen) atoms. The maximum absolute atomic E-state index is 14.0. The van der Waals surface area contributed by atoms with Crippen molar-refractivity contribution in [2.24, 2.45) is 0 Å². The minimum atomic E-state index is -1.45. The number of amides is 6. The van der Waals surface area contributed by atoms with Crippen LogP contribution < -0.4 is 31.9 Å². The number of nitrogens with one attached hydrogen (secondary N) is 6. The summed E-state index contributed by atoms with van der Waals surface area (Å²) in [5.41, 5.74) is 3.62. The van der Waals surface area contributed by atoms with Crippen LogP contribution >= 0.6 is 0 Å². The fourth-order valence-electron chi connectivity index (χ4n) is 8.77. The van der Waals surface area contributed by atoms with Gasteiger partial charge in [0.05, 0.1) is 46.2 Å². The van der Waals surface area contributed by atoms with Gasteiger partial charge in [-0.05, 0) is 107 Å². The fourth-order valence-corrected chi connectivity index (χ4v) is 8.77. The van der Waals surface area contributed by atoms with Crippen LogP contribution in [0.1, 0.15) is 175 Å². The van der Waals surface area contributed by atoms with E-state index in [9.17, 15) is 47.9 Å². The van der Waals surface area contributed by atoms with Crippen LogP contribution in [0.25, 0.3) is 11.1 Å². The second-order valence-corrected chi connectivity index (χ2v) is 22.0. The van der Waals surface area contributed by atoms with Gasteiger partial charge in [-0.25, -0.2) is 19.2 Å². The number of carbonyl (C=O) groups is 10. The van der Waals surface area contributed by atoms with Gasteiger partial charge in [0.1, 0.15) is 43.0 Å². The molecule has 0 bridgehead atoms. The van der Waals surface area contributed by atoms with Gasteiger partial charge in [0, 0.05) is 38.3 Å². The standard InChI is InChI=1S/C63H96N6O18/c1-8-12-35-82-55(72)31-28-51(59(76)84-37-14-10-3)67-53(70)30-27-50(58(75)68-52(60(77)85-38-15-11-4)29-32-56(73)83-36-13-9-2)66-54(71)43-81-41-40-80-39-34-64-57(74)49(69-62(79)87-63(5,6)7)26-20-21-33-65-61(78)86-42-48-46-24-18-16-22-44(46)45-23-17-19-25-47(45)48/h16-19,22-25,48-52H,8-15,20-21,26-43H2,1-7H3,(H,64,74)(H,65,78)(H,66,71)(H,67,70)(H,68,75)(H,69,79). The minimum Gasteiger partial charge on any atom is -0.466 e. The second kappa shape index (κ2) is 42.5. The molecule has 0 saturated heterocycles. The summed E-state index contributed by atoms with van der Waals surface area (Å²) >= 11 is 0. The molecule has 24 heteroatoms. The molecule has 0 spiro atoms. The van der Waals surface area contributed by atoms with Crippen molar-refractivity contribution < 1.29 is 85.8 Å². The predicted octanol–water partition coefficient (Wildman–Crippen LogP) is 6.91. The third kappa shape index (κ3) is 30.7. The van der Waals surface area contributed by atoms with Gasteiger partial charge < -0.3 is 69.8 Å². The molecule has 0 heterocycles. The average Bonchev–Trinajstić information content (AvgIpc) is 1.67. The third-order valence-electron chi connectivity index (χ3n) is 13.5. The zero-order valence-electron chi connectivity index (χ0n) is 52.2. The van der Waals surface area contributed by atoms with Crippen LogP contribution in [0.4, 0.5) is 9.59 Å². The van der Waals surface area contributed by atoms with Gasteiger partial charge >= 0.3 is 36.1 Å². The van der Waals surface area contributed by atoms with Crippen molar-refractivity contribution in [3.8, 4) is 11.1 Å². The molecule has 6 amide bonds. The maximum atomic E-state index is 14.0. The molecule has 0 fully saturated rings. The van der Waals surface area contributed by atoms with E-state index in [4.69, 9.17) is 37.9 Å².